The average Bonchev–Trinajstić information content (AvgIpc) is 3.12. The van der Waals surface area contributed by atoms with E-state index in [1.807, 2.05) is 6.07 Å². The van der Waals surface area contributed by atoms with E-state index < -0.39 is 0 Å². The highest BCUT2D eigenvalue weighted by Crippen LogP contribution is 2.30. The van der Waals surface area contributed by atoms with Gasteiger partial charge in [0.05, 0.1) is 5.92 Å². The van der Waals surface area contributed by atoms with Gasteiger partial charge in [-0.3, -0.25) is 9.59 Å². The topological polar surface area (TPSA) is 49.4 Å². The molecule has 1 heterocycles. The number of benzene rings is 1. The number of anilines is 1. The van der Waals surface area contributed by atoms with Crippen molar-refractivity contribution in [1.29, 1.82) is 0 Å². The molecule has 1 N–H and O–H groups in total. The van der Waals surface area contributed by atoms with E-state index in [4.69, 9.17) is 0 Å². The molecule has 1 aromatic rings. The molecular weight excluding hydrogens is 276 g/mol. The van der Waals surface area contributed by atoms with E-state index >= 15 is 0 Å². The normalized spacial score (nSPS) is 20.3. The second kappa shape index (κ2) is 6.51. The number of carbonyl (C=O) groups is 2. The van der Waals surface area contributed by atoms with Crippen molar-refractivity contribution in [2.45, 2.75) is 45.4 Å². The molecule has 1 aromatic carbocycles. The van der Waals surface area contributed by atoms with Crippen molar-refractivity contribution in [2.24, 2.45) is 5.92 Å². The molecule has 1 fully saturated rings. The van der Waals surface area contributed by atoms with Crippen molar-refractivity contribution in [3.05, 3.63) is 29.3 Å². The molecule has 118 valence electrons. The Morgan fingerprint density at radius 2 is 2.14 bits per heavy atom. The second-order valence-corrected chi connectivity index (χ2v) is 6.36. The highest BCUT2D eigenvalue weighted by molar-refractivity contribution is 6.00. The van der Waals surface area contributed by atoms with Crippen LogP contribution in [-0.4, -0.2) is 24.9 Å². The number of hydrogen-bond donors (Lipinski definition) is 1. The molecule has 0 bridgehead atoms. The number of aryl methyl sites for hydroxylation is 2. The Hall–Kier alpha value is -1.84. The van der Waals surface area contributed by atoms with E-state index in [9.17, 15) is 9.59 Å². The molecule has 4 heteroatoms. The summed E-state index contributed by atoms with van der Waals surface area (Å²) in [5, 5.41) is 2.94. The van der Waals surface area contributed by atoms with Crippen LogP contribution in [0.15, 0.2) is 18.2 Å². The Balaban J connectivity index is 1.66. The summed E-state index contributed by atoms with van der Waals surface area (Å²) in [7, 11) is 0. The van der Waals surface area contributed by atoms with Crippen LogP contribution in [0.4, 0.5) is 5.69 Å². The van der Waals surface area contributed by atoms with Gasteiger partial charge in [0.15, 0.2) is 0 Å². The zero-order valence-corrected chi connectivity index (χ0v) is 13.2. The minimum atomic E-state index is -0.211. The monoisotopic (exact) mass is 300 g/mol. The summed E-state index contributed by atoms with van der Waals surface area (Å²) in [6, 6.07) is 6.30. The zero-order valence-electron chi connectivity index (χ0n) is 13.2. The van der Waals surface area contributed by atoms with E-state index in [-0.39, 0.29) is 17.7 Å². The van der Waals surface area contributed by atoms with E-state index in [1.54, 1.807) is 4.90 Å². The van der Waals surface area contributed by atoms with Crippen molar-refractivity contribution in [3.63, 3.8) is 0 Å². The van der Waals surface area contributed by atoms with Gasteiger partial charge in [-0.15, -0.1) is 0 Å². The fourth-order valence-electron chi connectivity index (χ4n) is 3.39. The van der Waals surface area contributed by atoms with Gasteiger partial charge in [-0.25, -0.2) is 0 Å². The van der Waals surface area contributed by atoms with Crippen molar-refractivity contribution in [2.75, 3.05) is 18.0 Å². The summed E-state index contributed by atoms with van der Waals surface area (Å²) in [4.78, 5) is 26.2. The number of rotatable bonds is 5. The second-order valence-electron chi connectivity index (χ2n) is 6.36. The fourth-order valence-corrected chi connectivity index (χ4v) is 3.39. The smallest absolute Gasteiger partial charge is 0.227 e. The maximum absolute atomic E-state index is 12.3. The first-order chi connectivity index (χ1) is 10.7. The van der Waals surface area contributed by atoms with Crippen LogP contribution in [0, 0.1) is 5.92 Å². The van der Waals surface area contributed by atoms with E-state index in [0.29, 0.717) is 19.5 Å². The number of amides is 2. The predicted molar refractivity (Wildman–Crippen MR) is 86.8 cm³/mol. The summed E-state index contributed by atoms with van der Waals surface area (Å²) >= 11 is 0. The number of fused-ring (bicyclic) bond motifs is 1. The Morgan fingerprint density at radius 1 is 1.32 bits per heavy atom. The molecule has 2 aliphatic rings. The molecule has 1 unspecified atom stereocenters. The molecule has 1 aliphatic heterocycles. The van der Waals surface area contributed by atoms with Gasteiger partial charge in [-0.1, -0.05) is 19.4 Å². The third-order valence-electron chi connectivity index (χ3n) is 4.72. The largest absolute Gasteiger partial charge is 0.356 e. The molecule has 4 nitrogen and oxygen atoms in total. The number of carbonyl (C=O) groups excluding carboxylic acids is 2. The van der Waals surface area contributed by atoms with Crippen molar-refractivity contribution in [3.8, 4) is 0 Å². The molecule has 2 amide bonds. The maximum Gasteiger partial charge on any atom is 0.227 e. The standard InChI is InChI=1S/C18H24N2O2/c1-2-3-9-19-18(22)15-11-17(21)20(12-15)16-8-7-13-5-4-6-14(13)10-16/h7-8,10,15H,2-6,9,11-12H2,1H3,(H,19,22). The Morgan fingerprint density at radius 3 is 2.95 bits per heavy atom. The highest BCUT2D eigenvalue weighted by Gasteiger charge is 2.35. The number of nitrogens with one attached hydrogen (secondary N) is 1. The Kier molecular flexibility index (Phi) is 4.46. The molecular formula is C18H24N2O2. The van der Waals surface area contributed by atoms with Gasteiger partial charge in [-0.05, 0) is 48.9 Å². The Labute approximate surface area is 131 Å². The lowest BCUT2D eigenvalue weighted by molar-refractivity contribution is -0.126. The number of unbranched alkanes of at least 4 members (excludes halogenated alkanes) is 1. The van der Waals surface area contributed by atoms with Crippen LogP contribution in [0.2, 0.25) is 0 Å². The molecule has 0 spiro atoms. The predicted octanol–water partition coefficient (Wildman–Crippen LogP) is 2.44. The van der Waals surface area contributed by atoms with Gasteiger partial charge in [0.2, 0.25) is 11.8 Å². The van der Waals surface area contributed by atoms with Gasteiger partial charge in [-0.2, -0.15) is 0 Å². The summed E-state index contributed by atoms with van der Waals surface area (Å²) in [5.74, 6) is -0.128. The maximum atomic E-state index is 12.3. The first-order valence-electron chi connectivity index (χ1n) is 8.39. The van der Waals surface area contributed by atoms with Crippen molar-refractivity contribution < 1.29 is 9.59 Å². The van der Waals surface area contributed by atoms with Crippen LogP contribution in [0.5, 0.6) is 0 Å². The molecule has 1 aliphatic carbocycles. The third-order valence-corrected chi connectivity index (χ3v) is 4.72. The minimum absolute atomic E-state index is 0.0189. The van der Waals surface area contributed by atoms with Crippen LogP contribution in [0.1, 0.15) is 43.7 Å². The highest BCUT2D eigenvalue weighted by atomic mass is 16.2. The van der Waals surface area contributed by atoms with Crippen LogP contribution in [0.25, 0.3) is 0 Å². The lowest BCUT2D eigenvalue weighted by atomic mass is 10.1. The van der Waals surface area contributed by atoms with E-state index in [0.717, 1.165) is 31.4 Å². The van der Waals surface area contributed by atoms with E-state index in [2.05, 4.69) is 24.4 Å². The summed E-state index contributed by atoms with van der Waals surface area (Å²) < 4.78 is 0. The number of nitrogens with zero attached hydrogens (tertiary/aromatic N) is 1. The van der Waals surface area contributed by atoms with Crippen LogP contribution >= 0.6 is 0 Å². The molecule has 1 atom stereocenters. The lowest BCUT2D eigenvalue weighted by Crippen LogP contribution is -2.33. The van der Waals surface area contributed by atoms with Gasteiger partial charge >= 0.3 is 0 Å². The van der Waals surface area contributed by atoms with Gasteiger partial charge < -0.3 is 10.2 Å². The van der Waals surface area contributed by atoms with Gasteiger partial charge in [0, 0.05) is 25.2 Å². The SMILES string of the molecule is CCCCNC(=O)C1CC(=O)N(c2ccc3c(c2)CCC3)C1. The first-order valence-corrected chi connectivity index (χ1v) is 8.39. The third kappa shape index (κ3) is 3.01. The quantitative estimate of drug-likeness (QED) is 0.849. The molecule has 3 rings (SSSR count). The molecule has 0 radical (unpaired) electrons. The lowest BCUT2D eigenvalue weighted by Gasteiger charge is -2.18. The summed E-state index contributed by atoms with van der Waals surface area (Å²) in [5.41, 5.74) is 3.72. The molecule has 0 saturated carbocycles. The van der Waals surface area contributed by atoms with E-state index in [1.165, 1.54) is 17.5 Å². The van der Waals surface area contributed by atoms with Crippen LogP contribution < -0.4 is 10.2 Å². The molecule has 0 aromatic heterocycles. The Bertz CT molecular complexity index is 582. The molecule has 22 heavy (non-hydrogen) atoms. The first kappa shape index (κ1) is 15.1. The van der Waals surface area contributed by atoms with Crippen molar-refractivity contribution in [1.82, 2.24) is 5.32 Å². The summed E-state index contributed by atoms with van der Waals surface area (Å²) in [6.07, 6.45) is 5.83. The van der Waals surface area contributed by atoms with Crippen LogP contribution in [0.3, 0.4) is 0 Å². The minimum Gasteiger partial charge on any atom is -0.356 e. The fraction of sp³-hybridized carbons (Fsp3) is 0.556. The number of hydrogen-bond acceptors (Lipinski definition) is 2. The van der Waals surface area contributed by atoms with Crippen LogP contribution in [-0.2, 0) is 22.4 Å². The molecule has 1 saturated heterocycles. The van der Waals surface area contributed by atoms with Gasteiger partial charge in [0.1, 0.15) is 0 Å². The summed E-state index contributed by atoms with van der Waals surface area (Å²) in [6.45, 7) is 3.31. The zero-order chi connectivity index (χ0) is 15.5. The van der Waals surface area contributed by atoms with Crippen molar-refractivity contribution >= 4 is 17.5 Å². The average molecular weight is 300 g/mol. The van der Waals surface area contributed by atoms with Gasteiger partial charge in [0.25, 0.3) is 0 Å².